The maximum Gasteiger partial charge on any atom is 0.120 e. The molecule has 0 aliphatic carbocycles. The second-order valence-electron chi connectivity index (χ2n) is 7.32. The van der Waals surface area contributed by atoms with E-state index in [1.807, 2.05) is 17.7 Å². The van der Waals surface area contributed by atoms with Crippen molar-refractivity contribution < 1.29 is 0 Å². The summed E-state index contributed by atoms with van der Waals surface area (Å²) < 4.78 is 1.99. The van der Waals surface area contributed by atoms with Gasteiger partial charge < -0.3 is 14.4 Å². The lowest BCUT2D eigenvalue weighted by Crippen LogP contribution is -2.29. The van der Waals surface area contributed by atoms with Crippen LogP contribution < -0.4 is 0 Å². The lowest BCUT2D eigenvalue weighted by molar-refractivity contribution is 0.247. The fourth-order valence-electron chi connectivity index (χ4n) is 3.57. The van der Waals surface area contributed by atoms with E-state index >= 15 is 0 Å². The van der Waals surface area contributed by atoms with E-state index in [9.17, 15) is 0 Å². The van der Waals surface area contributed by atoms with Gasteiger partial charge in [-0.25, -0.2) is 0 Å². The van der Waals surface area contributed by atoms with Gasteiger partial charge in [0.2, 0.25) is 0 Å². The summed E-state index contributed by atoms with van der Waals surface area (Å²) in [7, 11) is 4.17. The molecule has 2 heterocycles. The van der Waals surface area contributed by atoms with Gasteiger partial charge in [0.15, 0.2) is 0 Å². The molecule has 0 bridgehead atoms. The van der Waals surface area contributed by atoms with Gasteiger partial charge in [0.25, 0.3) is 0 Å². The number of nitrogens with zero attached hydrogens (tertiary/aromatic N) is 4. The largest absolute Gasteiger partial charge is 0.340 e. The highest BCUT2D eigenvalue weighted by Crippen LogP contribution is 2.20. The fourth-order valence-corrected chi connectivity index (χ4v) is 3.57. The van der Waals surface area contributed by atoms with Crippen molar-refractivity contribution in [2.24, 2.45) is 18.9 Å². The van der Waals surface area contributed by atoms with Gasteiger partial charge in [-0.05, 0) is 50.4 Å². The fraction of sp³-hybridized carbons (Fsp3) is 0.722. The maximum atomic E-state index is 9.13. The molecule has 1 atom stereocenters. The van der Waals surface area contributed by atoms with Crippen LogP contribution in [0.3, 0.4) is 0 Å². The second kappa shape index (κ2) is 7.30. The summed E-state index contributed by atoms with van der Waals surface area (Å²) in [6.45, 7) is 12.5. The van der Waals surface area contributed by atoms with Crippen molar-refractivity contribution in [2.45, 2.75) is 33.7 Å². The summed E-state index contributed by atoms with van der Waals surface area (Å²) >= 11 is 0. The zero-order valence-corrected chi connectivity index (χ0v) is 14.8. The standard InChI is InChI=1S/C18H30N4/c1-14(2)10-22-7-6-16(12-22)11-20(4)13-17-8-18(9-19)21(5)15(17)3/h8,14,16H,6-7,10-13H2,1-5H3/t16-/m0/s1. The Hall–Kier alpha value is -1.31. The second-order valence-corrected chi connectivity index (χ2v) is 7.32. The van der Waals surface area contributed by atoms with E-state index in [0.717, 1.165) is 30.6 Å². The monoisotopic (exact) mass is 302 g/mol. The maximum absolute atomic E-state index is 9.13. The number of hydrogen-bond acceptors (Lipinski definition) is 3. The molecule has 1 saturated heterocycles. The minimum atomic E-state index is 0.755. The smallest absolute Gasteiger partial charge is 0.120 e. The predicted octanol–water partition coefficient (Wildman–Crippen LogP) is 2.61. The Kier molecular flexibility index (Phi) is 5.66. The van der Waals surface area contributed by atoms with Crippen LogP contribution in [-0.4, -0.2) is 47.6 Å². The van der Waals surface area contributed by atoms with Crippen LogP contribution >= 0.6 is 0 Å². The van der Waals surface area contributed by atoms with Crippen molar-refractivity contribution >= 4 is 0 Å². The highest BCUT2D eigenvalue weighted by atomic mass is 15.2. The van der Waals surface area contributed by atoms with Crippen molar-refractivity contribution in [1.82, 2.24) is 14.4 Å². The summed E-state index contributed by atoms with van der Waals surface area (Å²) in [6, 6.07) is 4.30. The molecule has 4 nitrogen and oxygen atoms in total. The molecule has 2 rings (SSSR count). The molecule has 1 fully saturated rings. The average molecular weight is 302 g/mol. The number of rotatable bonds is 6. The molecule has 0 spiro atoms. The molecule has 4 heteroatoms. The molecule has 0 N–H and O–H groups in total. The summed E-state index contributed by atoms with van der Waals surface area (Å²) in [5, 5.41) is 9.13. The molecule has 0 amide bonds. The Bertz CT molecular complexity index is 538. The average Bonchev–Trinajstić information content (AvgIpc) is 2.97. The van der Waals surface area contributed by atoms with E-state index in [1.165, 1.54) is 37.3 Å². The van der Waals surface area contributed by atoms with E-state index in [0.29, 0.717) is 0 Å². The first-order valence-electron chi connectivity index (χ1n) is 8.36. The van der Waals surface area contributed by atoms with Crippen molar-refractivity contribution in [1.29, 1.82) is 5.26 Å². The van der Waals surface area contributed by atoms with Crippen molar-refractivity contribution in [3.63, 3.8) is 0 Å². The van der Waals surface area contributed by atoms with Crippen LogP contribution in [0.2, 0.25) is 0 Å². The van der Waals surface area contributed by atoms with Gasteiger partial charge in [0.1, 0.15) is 11.8 Å². The van der Waals surface area contributed by atoms with Crippen LogP contribution in [0.25, 0.3) is 0 Å². The quantitative estimate of drug-likeness (QED) is 0.810. The van der Waals surface area contributed by atoms with Crippen LogP contribution in [0.1, 0.15) is 37.2 Å². The van der Waals surface area contributed by atoms with Crippen LogP contribution in [0, 0.1) is 30.1 Å². The van der Waals surface area contributed by atoms with E-state index in [2.05, 4.69) is 43.7 Å². The van der Waals surface area contributed by atoms with E-state index in [1.54, 1.807) is 0 Å². The number of nitriles is 1. The minimum absolute atomic E-state index is 0.755. The lowest BCUT2D eigenvalue weighted by Gasteiger charge is -2.22. The van der Waals surface area contributed by atoms with Gasteiger partial charge in [-0.3, -0.25) is 0 Å². The number of aromatic nitrogens is 1. The zero-order valence-electron chi connectivity index (χ0n) is 14.8. The zero-order chi connectivity index (χ0) is 16.3. The van der Waals surface area contributed by atoms with Gasteiger partial charge in [-0.15, -0.1) is 0 Å². The molecule has 1 aliphatic rings. The molecule has 0 unspecified atom stereocenters. The summed E-state index contributed by atoms with van der Waals surface area (Å²) in [5.41, 5.74) is 3.24. The molecule has 0 aromatic carbocycles. The highest BCUT2D eigenvalue weighted by Gasteiger charge is 2.24. The van der Waals surface area contributed by atoms with Gasteiger partial charge in [0.05, 0.1) is 0 Å². The van der Waals surface area contributed by atoms with Gasteiger partial charge in [-0.1, -0.05) is 13.8 Å². The Morgan fingerprint density at radius 3 is 2.77 bits per heavy atom. The molecule has 1 aromatic heterocycles. The molecule has 0 radical (unpaired) electrons. The van der Waals surface area contributed by atoms with E-state index < -0.39 is 0 Å². The topological polar surface area (TPSA) is 35.2 Å². The Morgan fingerprint density at radius 1 is 1.45 bits per heavy atom. The molecular weight excluding hydrogens is 272 g/mol. The third-order valence-electron chi connectivity index (χ3n) is 4.76. The Labute approximate surface area is 135 Å². The van der Waals surface area contributed by atoms with Crippen LogP contribution in [-0.2, 0) is 13.6 Å². The van der Waals surface area contributed by atoms with E-state index in [4.69, 9.17) is 5.26 Å². The Morgan fingerprint density at radius 2 is 2.18 bits per heavy atom. The number of hydrogen-bond donors (Lipinski definition) is 0. The van der Waals surface area contributed by atoms with Gasteiger partial charge >= 0.3 is 0 Å². The van der Waals surface area contributed by atoms with Crippen LogP contribution in [0.5, 0.6) is 0 Å². The van der Waals surface area contributed by atoms with Gasteiger partial charge in [-0.2, -0.15) is 5.26 Å². The molecule has 22 heavy (non-hydrogen) atoms. The lowest BCUT2D eigenvalue weighted by atomic mass is 10.1. The molecular formula is C18H30N4. The first-order chi connectivity index (χ1) is 10.4. The third-order valence-corrected chi connectivity index (χ3v) is 4.76. The van der Waals surface area contributed by atoms with Gasteiger partial charge in [0, 0.05) is 38.9 Å². The SMILES string of the molecule is Cc1c(CN(C)C[C@@H]2CCN(CC(C)C)C2)cc(C#N)n1C. The summed E-state index contributed by atoms with van der Waals surface area (Å²) in [6.07, 6.45) is 1.31. The minimum Gasteiger partial charge on any atom is -0.340 e. The third kappa shape index (κ3) is 4.12. The molecule has 1 aliphatic heterocycles. The van der Waals surface area contributed by atoms with Crippen LogP contribution in [0.4, 0.5) is 0 Å². The normalized spacial score (nSPS) is 19.3. The van der Waals surface area contributed by atoms with Crippen LogP contribution in [0.15, 0.2) is 6.07 Å². The Balaban J connectivity index is 1.86. The van der Waals surface area contributed by atoms with Crippen molar-refractivity contribution in [2.75, 3.05) is 33.2 Å². The summed E-state index contributed by atoms with van der Waals surface area (Å²) in [5.74, 6) is 1.54. The summed E-state index contributed by atoms with van der Waals surface area (Å²) in [4.78, 5) is 5.01. The number of likely N-dealkylation sites (tertiary alicyclic amines) is 1. The van der Waals surface area contributed by atoms with Crippen molar-refractivity contribution in [3.05, 3.63) is 23.0 Å². The highest BCUT2D eigenvalue weighted by molar-refractivity contribution is 5.34. The molecule has 122 valence electrons. The van der Waals surface area contributed by atoms with E-state index in [-0.39, 0.29) is 0 Å². The molecule has 0 saturated carbocycles. The molecule has 1 aromatic rings. The first kappa shape index (κ1) is 17.1. The first-order valence-corrected chi connectivity index (χ1v) is 8.36. The van der Waals surface area contributed by atoms with Crippen molar-refractivity contribution in [3.8, 4) is 6.07 Å². The predicted molar refractivity (Wildman–Crippen MR) is 90.6 cm³/mol.